The Balaban J connectivity index is -0.000000287. The molecule has 1 aliphatic rings. The van der Waals surface area contributed by atoms with E-state index in [1.807, 2.05) is 25.7 Å². The highest BCUT2D eigenvalue weighted by atomic mass is 32.1. The number of rotatable bonds is 15. The third kappa shape index (κ3) is 41.5. The van der Waals surface area contributed by atoms with Gasteiger partial charge < -0.3 is 35.5 Å². The van der Waals surface area contributed by atoms with Crippen LogP contribution in [0, 0.1) is 28.1 Å². The van der Waals surface area contributed by atoms with Crippen molar-refractivity contribution < 1.29 is 34.4 Å². The Kier molecular flexibility index (Phi) is 39.0. The smallest absolute Gasteiger partial charge is 0.314 e. The van der Waals surface area contributed by atoms with Gasteiger partial charge >= 0.3 is 11.9 Å². The predicted molar refractivity (Wildman–Crippen MR) is 231 cm³/mol. The lowest BCUT2D eigenvalue weighted by molar-refractivity contribution is -0.147. The molecule has 5 N–H and O–H groups in total. The number of benzene rings is 1. The lowest BCUT2D eigenvalue weighted by Crippen LogP contribution is -2.30. The summed E-state index contributed by atoms with van der Waals surface area (Å²) in [6, 6.07) is 10.8. The van der Waals surface area contributed by atoms with Gasteiger partial charge in [0, 0.05) is 19.5 Å². The number of aldehydes is 1. The van der Waals surface area contributed by atoms with Crippen LogP contribution in [0.1, 0.15) is 157 Å². The molecule has 312 valence electrons. The maximum atomic E-state index is 10.1. The van der Waals surface area contributed by atoms with Gasteiger partial charge in [-0.1, -0.05) is 104 Å². The van der Waals surface area contributed by atoms with Crippen LogP contribution in [-0.4, -0.2) is 68.5 Å². The Morgan fingerprint density at radius 3 is 1.72 bits per heavy atom. The molecule has 54 heavy (non-hydrogen) atoms. The fraction of sp³-hybridized carbons (Fsp3) is 0.714. The second kappa shape index (κ2) is 36.7. The number of carboxylic acids is 2. The normalized spacial score (nSPS) is 12.8. The van der Waals surface area contributed by atoms with Gasteiger partial charge in [-0.25, -0.2) is 0 Å². The van der Waals surface area contributed by atoms with Crippen LogP contribution >= 0.6 is 24.4 Å². The van der Waals surface area contributed by atoms with Gasteiger partial charge in [0.05, 0.1) is 18.1 Å². The molecule has 0 aliphatic heterocycles. The van der Waals surface area contributed by atoms with E-state index in [0.29, 0.717) is 17.2 Å². The number of aryl methyl sites for hydroxylation is 1. The molecule has 0 saturated heterocycles. The van der Waals surface area contributed by atoms with Crippen molar-refractivity contribution in [1.82, 2.24) is 4.90 Å². The molecular formula is C42H75N3O7S2. The van der Waals surface area contributed by atoms with Gasteiger partial charge in [-0.2, -0.15) is 5.26 Å². The number of hydrogen-bond donors (Lipinski definition) is 4. The SMILES string of the molecule is CC1(C)CCCCC1.CCCCC(CC)CCC=O.CCOC(=S)N(CC)CC.CCc1ccc(CC(C)(C)C#N)cc1.NC(O)=S.O=C(O)CC(=O)O. The molecule has 0 heterocycles. The van der Waals surface area contributed by atoms with Crippen molar-refractivity contribution in [2.75, 3.05) is 19.7 Å². The average Bonchev–Trinajstić information content (AvgIpc) is 3.09. The largest absolute Gasteiger partial charge is 0.487 e. The van der Waals surface area contributed by atoms with Gasteiger partial charge in [0.1, 0.15) is 12.7 Å². The molecule has 1 atom stereocenters. The van der Waals surface area contributed by atoms with E-state index in [1.165, 1.54) is 68.9 Å². The predicted octanol–water partition coefficient (Wildman–Crippen LogP) is 10.5. The Morgan fingerprint density at radius 1 is 0.944 bits per heavy atom. The summed E-state index contributed by atoms with van der Waals surface area (Å²) in [5, 5.41) is 32.0. The van der Waals surface area contributed by atoms with Crippen LogP contribution in [0.2, 0.25) is 0 Å². The van der Waals surface area contributed by atoms with Crippen molar-refractivity contribution >= 4 is 53.0 Å². The number of nitriles is 1. The molecule has 1 aliphatic carbocycles. The summed E-state index contributed by atoms with van der Waals surface area (Å²) < 4.78 is 5.14. The van der Waals surface area contributed by atoms with Crippen molar-refractivity contribution in [2.45, 2.75) is 159 Å². The maximum Gasteiger partial charge on any atom is 0.314 e. The van der Waals surface area contributed by atoms with E-state index < -0.39 is 23.5 Å². The number of aliphatic hydroxyl groups excluding tert-OH is 1. The molecule has 0 bridgehead atoms. The molecular weight excluding hydrogens is 723 g/mol. The fourth-order valence-electron chi connectivity index (χ4n) is 5.13. The number of unbranched alkanes of at least 4 members (excludes halogenated alkanes) is 1. The van der Waals surface area contributed by atoms with Crippen molar-refractivity contribution in [2.24, 2.45) is 22.5 Å². The van der Waals surface area contributed by atoms with E-state index in [-0.39, 0.29) is 5.41 Å². The Bertz CT molecular complexity index is 1140. The van der Waals surface area contributed by atoms with Crippen LogP contribution < -0.4 is 5.73 Å². The lowest BCUT2D eigenvalue weighted by atomic mass is 9.78. The minimum Gasteiger partial charge on any atom is -0.487 e. The Labute approximate surface area is 339 Å². The molecule has 1 aromatic rings. The number of hydrogen-bond acceptors (Lipinski definition) is 7. The molecule has 1 aromatic carbocycles. The van der Waals surface area contributed by atoms with Crippen LogP contribution in [0.5, 0.6) is 0 Å². The molecule has 0 aromatic heterocycles. The van der Waals surface area contributed by atoms with Crippen molar-refractivity contribution in [3.05, 3.63) is 35.4 Å². The number of aliphatic carboxylic acids is 2. The second-order valence-corrected chi connectivity index (χ2v) is 15.2. The van der Waals surface area contributed by atoms with Crippen molar-refractivity contribution in [3.63, 3.8) is 0 Å². The summed E-state index contributed by atoms with van der Waals surface area (Å²) in [7, 11) is 0. The second-order valence-electron chi connectivity index (χ2n) is 14.4. The van der Waals surface area contributed by atoms with Crippen LogP contribution in [0.3, 0.4) is 0 Å². The minimum absolute atomic E-state index is 0.256. The molecule has 2 rings (SSSR count). The molecule has 1 unspecified atom stereocenters. The number of nitrogens with two attached hydrogens (primary N) is 1. The van der Waals surface area contributed by atoms with Gasteiger partial charge in [0.15, 0.2) is 0 Å². The van der Waals surface area contributed by atoms with E-state index in [2.05, 4.69) is 96.8 Å². The summed E-state index contributed by atoms with van der Waals surface area (Å²) >= 11 is 8.85. The van der Waals surface area contributed by atoms with Gasteiger partial charge in [-0.05, 0) is 114 Å². The molecule has 0 spiro atoms. The highest BCUT2D eigenvalue weighted by molar-refractivity contribution is 7.80. The molecule has 0 amide bonds. The quantitative estimate of drug-likeness (QED) is 0.0752. The standard InChI is InChI=1S/C13H17N.C10H20O.C8H16.C7H15NOS.C3H4O4.CH3NOS/c1-4-11-5-7-12(8-6-11)9-13(2,3)10-14;1-3-5-7-10(4-2)8-6-9-11;1-8(2)6-4-3-5-7-8;1-4-8(5-2)7(10)9-6-3;4-2(5)1-3(6)7;2-1(3)4/h5-8H,4,9H2,1-3H3;9-10H,3-8H2,1-2H3;3-7H2,1-2H3;4-6H2,1-3H3;1H2,(H,4,5)(H,6,7);(H3,2,3,4). The number of ether oxygens (including phenoxy) is 1. The van der Waals surface area contributed by atoms with E-state index in [0.717, 1.165) is 51.0 Å². The van der Waals surface area contributed by atoms with Crippen LogP contribution in [0.25, 0.3) is 0 Å². The van der Waals surface area contributed by atoms with E-state index >= 15 is 0 Å². The average molecular weight is 798 g/mol. The lowest BCUT2D eigenvalue weighted by Gasteiger charge is -2.28. The first kappa shape index (κ1) is 57.4. The van der Waals surface area contributed by atoms with Gasteiger partial charge in [-0.15, -0.1) is 0 Å². The summed E-state index contributed by atoms with van der Waals surface area (Å²) in [6.07, 6.45) is 16.4. The summed E-state index contributed by atoms with van der Waals surface area (Å²) in [6.45, 7) is 23.9. The first-order valence-corrected chi connectivity index (χ1v) is 20.3. The van der Waals surface area contributed by atoms with Crippen molar-refractivity contribution in [1.29, 1.82) is 5.26 Å². The number of nitrogens with zero attached hydrogens (tertiary/aromatic N) is 2. The molecule has 0 radical (unpaired) electrons. The number of carbonyl (C=O) groups excluding carboxylic acids is 1. The zero-order chi connectivity index (χ0) is 42.6. The van der Waals surface area contributed by atoms with E-state index in [9.17, 15) is 14.4 Å². The summed E-state index contributed by atoms with van der Waals surface area (Å²) in [4.78, 5) is 31.0. The Hall–Kier alpha value is -3.30. The van der Waals surface area contributed by atoms with Crippen LogP contribution in [-0.2, 0) is 32.0 Å². The maximum absolute atomic E-state index is 10.1. The summed E-state index contributed by atoms with van der Waals surface area (Å²) in [5.41, 5.74) is 7.42. The number of aliphatic hydroxyl groups is 1. The monoisotopic (exact) mass is 798 g/mol. The van der Waals surface area contributed by atoms with E-state index in [1.54, 1.807) is 0 Å². The number of carbonyl (C=O) groups is 3. The summed E-state index contributed by atoms with van der Waals surface area (Å²) in [5.74, 6) is -1.83. The first-order valence-electron chi connectivity index (χ1n) is 19.5. The van der Waals surface area contributed by atoms with Crippen LogP contribution in [0.15, 0.2) is 24.3 Å². The third-order valence-electron chi connectivity index (χ3n) is 8.42. The van der Waals surface area contributed by atoms with E-state index in [4.69, 9.17) is 37.5 Å². The van der Waals surface area contributed by atoms with Gasteiger partial charge in [-0.3, -0.25) is 9.59 Å². The molecule has 12 heteroatoms. The molecule has 1 saturated carbocycles. The number of thiocarbonyl (C=S) groups is 2. The first-order chi connectivity index (χ1) is 25.2. The fourth-order valence-corrected chi connectivity index (χ4v) is 5.50. The Morgan fingerprint density at radius 2 is 1.43 bits per heavy atom. The molecule has 10 nitrogen and oxygen atoms in total. The number of carboxylic acid groups (broad SMARTS) is 2. The zero-order valence-electron chi connectivity index (χ0n) is 35.2. The zero-order valence-corrected chi connectivity index (χ0v) is 36.9. The minimum atomic E-state index is -1.31. The van der Waals surface area contributed by atoms with Gasteiger partial charge in [0.2, 0.25) is 0 Å². The molecule has 1 fully saturated rings. The third-order valence-corrected chi connectivity index (χ3v) is 8.79. The highest BCUT2D eigenvalue weighted by Crippen LogP contribution is 2.34. The topological polar surface area (TPSA) is 174 Å². The van der Waals surface area contributed by atoms with Crippen LogP contribution in [0.4, 0.5) is 0 Å². The highest BCUT2D eigenvalue weighted by Gasteiger charge is 2.20. The van der Waals surface area contributed by atoms with Crippen molar-refractivity contribution in [3.8, 4) is 6.07 Å². The van der Waals surface area contributed by atoms with Gasteiger partial charge in [0.25, 0.3) is 10.3 Å².